The van der Waals surface area contributed by atoms with Crippen molar-refractivity contribution in [2.75, 3.05) is 6.54 Å². The van der Waals surface area contributed by atoms with E-state index in [1.165, 1.54) is 6.07 Å². The number of hydrogen-bond donors (Lipinski definition) is 2. The van der Waals surface area contributed by atoms with Crippen molar-refractivity contribution in [2.24, 2.45) is 0 Å². The molecule has 2 aromatic rings. The molecule has 2 rings (SSSR count). The first-order valence-corrected chi connectivity index (χ1v) is 8.68. The van der Waals surface area contributed by atoms with Gasteiger partial charge in [0.1, 0.15) is 9.96 Å². The molecule has 1 aromatic carbocycles. The third kappa shape index (κ3) is 4.21. The minimum Gasteiger partial charge on any atom is -0.508 e. The predicted molar refractivity (Wildman–Crippen MR) is 80.9 cm³/mol. The number of rotatable bonds is 6. The van der Waals surface area contributed by atoms with E-state index in [9.17, 15) is 8.42 Å². The molecule has 7 heteroatoms. The van der Waals surface area contributed by atoms with E-state index < -0.39 is 10.0 Å². The van der Waals surface area contributed by atoms with Crippen molar-refractivity contribution in [3.8, 4) is 5.75 Å². The Bertz CT molecular complexity index is 665. The number of benzene rings is 1. The van der Waals surface area contributed by atoms with Crippen molar-refractivity contribution < 1.29 is 13.5 Å². The van der Waals surface area contributed by atoms with Crippen LogP contribution < -0.4 is 4.72 Å². The van der Waals surface area contributed by atoms with Crippen molar-refractivity contribution in [3.63, 3.8) is 0 Å². The van der Waals surface area contributed by atoms with Crippen LogP contribution >= 0.6 is 22.9 Å². The van der Waals surface area contributed by atoms with Gasteiger partial charge >= 0.3 is 0 Å². The summed E-state index contributed by atoms with van der Waals surface area (Å²) in [6.45, 7) is 0.360. The van der Waals surface area contributed by atoms with Crippen LogP contribution in [0.2, 0.25) is 4.34 Å². The third-order valence-electron chi connectivity index (χ3n) is 2.68. The largest absolute Gasteiger partial charge is 0.508 e. The van der Waals surface area contributed by atoms with Crippen LogP contribution in [0.5, 0.6) is 5.75 Å². The van der Waals surface area contributed by atoms with Crippen LogP contribution in [0.25, 0.3) is 0 Å². The number of hydrogen-bond acceptors (Lipinski definition) is 4. The van der Waals surface area contributed by atoms with Gasteiger partial charge in [0, 0.05) is 6.54 Å². The van der Waals surface area contributed by atoms with Gasteiger partial charge in [0.15, 0.2) is 0 Å². The average Bonchev–Trinajstić information content (AvgIpc) is 2.84. The molecule has 0 saturated carbocycles. The second-order valence-electron chi connectivity index (χ2n) is 4.23. The lowest BCUT2D eigenvalue weighted by atomic mass is 10.1. The van der Waals surface area contributed by atoms with Crippen molar-refractivity contribution in [1.29, 1.82) is 0 Å². The molecule has 20 heavy (non-hydrogen) atoms. The van der Waals surface area contributed by atoms with Crippen LogP contribution in [0, 0.1) is 0 Å². The van der Waals surface area contributed by atoms with Crippen LogP contribution in [0.15, 0.2) is 40.6 Å². The Morgan fingerprint density at radius 1 is 1.15 bits per heavy atom. The number of aryl methyl sites for hydroxylation is 1. The standard InChI is InChI=1S/C13H14ClNO3S2/c14-12-7-8-13(19-12)20(17,18)15-9-1-2-10-3-5-11(16)6-4-10/h3-8,15-16H,1-2,9H2. The van der Waals surface area contributed by atoms with Crippen LogP contribution in [-0.4, -0.2) is 20.1 Å². The van der Waals surface area contributed by atoms with Crippen LogP contribution in [0.4, 0.5) is 0 Å². The predicted octanol–water partition coefficient (Wildman–Crippen LogP) is 3.02. The molecule has 0 unspecified atom stereocenters. The van der Waals surface area contributed by atoms with E-state index >= 15 is 0 Å². The van der Waals surface area contributed by atoms with Gasteiger partial charge in [-0.1, -0.05) is 23.7 Å². The van der Waals surface area contributed by atoms with Crippen LogP contribution in [0.1, 0.15) is 12.0 Å². The quantitative estimate of drug-likeness (QED) is 0.800. The van der Waals surface area contributed by atoms with Crippen LogP contribution in [0.3, 0.4) is 0 Å². The van der Waals surface area contributed by atoms with E-state index in [1.54, 1.807) is 18.2 Å². The molecule has 1 aromatic heterocycles. The van der Waals surface area contributed by atoms with Crippen LogP contribution in [-0.2, 0) is 16.4 Å². The molecule has 0 radical (unpaired) electrons. The second kappa shape index (κ2) is 6.58. The minimum absolute atomic E-state index is 0.226. The lowest BCUT2D eigenvalue weighted by Gasteiger charge is -2.05. The van der Waals surface area contributed by atoms with Crippen molar-refractivity contribution in [3.05, 3.63) is 46.3 Å². The molecular weight excluding hydrogens is 318 g/mol. The zero-order valence-electron chi connectivity index (χ0n) is 10.5. The summed E-state index contributed by atoms with van der Waals surface area (Å²) in [6.07, 6.45) is 1.43. The Morgan fingerprint density at radius 3 is 2.45 bits per heavy atom. The van der Waals surface area contributed by atoms with E-state index in [2.05, 4.69) is 4.72 Å². The average molecular weight is 332 g/mol. The van der Waals surface area contributed by atoms with E-state index in [0.29, 0.717) is 17.3 Å². The highest BCUT2D eigenvalue weighted by Crippen LogP contribution is 2.25. The fourth-order valence-corrected chi connectivity index (χ4v) is 4.28. The Hall–Kier alpha value is -1.08. The molecule has 0 aliphatic heterocycles. The fraction of sp³-hybridized carbons (Fsp3) is 0.231. The molecule has 0 saturated heterocycles. The summed E-state index contributed by atoms with van der Waals surface area (Å²) in [5.41, 5.74) is 1.06. The number of aromatic hydroxyl groups is 1. The number of sulfonamides is 1. The molecule has 108 valence electrons. The number of thiophene rings is 1. The number of halogens is 1. The van der Waals surface area contributed by atoms with E-state index in [1.807, 2.05) is 12.1 Å². The smallest absolute Gasteiger partial charge is 0.250 e. The molecule has 0 aliphatic rings. The van der Waals surface area contributed by atoms with Crippen molar-refractivity contribution >= 4 is 33.0 Å². The Balaban J connectivity index is 1.82. The maximum Gasteiger partial charge on any atom is 0.250 e. The third-order valence-corrected chi connectivity index (χ3v) is 5.87. The van der Waals surface area contributed by atoms with Gasteiger partial charge in [-0.15, -0.1) is 11.3 Å². The maximum absolute atomic E-state index is 11.9. The summed E-state index contributed by atoms with van der Waals surface area (Å²) >= 11 is 6.76. The number of phenolic OH excluding ortho intramolecular Hbond substituents is 1. The van der Waals surface area contributed by atoms with Gasteiger partial charge in [-0.25, -0.2) is 13.1 Å². The summed E-state index contributed by atoms with van der Waals surface area (Å²) < 4.78 is 27.0. The molecule has 0 amide bonds. The molecule has 4 nitrogen and oxygen atoms in total. The van der Waals surface area contributed by atoms with Gasteiger partial charge < -0.3 is 5.11 Å². The fourth-order valence-electron chi connectivity index (χ4n) is 1.67. The first kappa shape index (κ1) is 15.3. The summed E-state index contributed by atoms with van der Waals surface area (Å²) in [5, 5.41) is 9.16. The van der Waals surface area contributed by atoms with Crippen molar-refractivity contribution in [1.82, 2.24) is 4.72 Å². The second-order valence-corrected chi connectivity index (χ2v) is 7.94. The Labute approximate surface area is 127 Å². The Morgan fingerprint density at radius 2 is 1.85 bits per heavy atom. The number of phenols is 1. The first-order valence-electron chi connectivity index (χ1n) is 6.00. The SMILES string of the molecule is O=S(=O)(NCCCc1ccc(O)cc1)c1ccc(Cl)s1. The lowest BCUT2D eigenvalue weighted by molar-refractivity contribution is 0.475. The Kier molecular flexibility index (Phi) is 5.04. The summed E-state index contributed by atoms with van der Waals surface area (Å²) in [7, 11) is -3.46. The molecule has 0 atom stereocenters. The van der Waals surface area contributed by atoms with Gasteiger partial charge in [0.2, 0.25) is 10.0 Å². The highest BCUT2D eigenvalue weighted by Gasteiger charge is 2.15. The lowest BCUT2D eigenvalue weighted by Crippen LogP contribution is -2.24. The van der Waals surface area contributed by atoms with Gasteiger partial charge in [-0.3, -0.25) is 0 Å². The topological polar surface area (TPSA) is 66.4 Å². The molecule has 0 spiro atoms. The summed E-state index contributed by atoms with van der Waals surface area (Å²) in [5.74, 6) is 0.226. The first-order chi connectivity index (χ1) is 9.47. The zero-order valence-corrected chi connectivity index (χ0v) is 12.9. The van der Waals surface area contributed by atoms with Gasteiger partial charge in [-0.05, 0) is 42.7 Å². The molecule has 0 bridgehead atoms. The molecule has 1 heterocycles. The van der Waals surface area contributed by atoms with E-state index in [4.69, 9.17) is 16.7 Å². The monoisotopic (exact) mass is 331 g/mol. The highest BCUT2D eigenvalue weighted by atomic mass is 35.5. The highest BCUT2D eigenvalue weighted by molar-refractivity contribution is 7.91. The van der Waals surface area contributed by atoms with Gasteiger partial charge in [-0.2, -0.15) is 0 Å². The zero-order chi connectivity index (χ0) is 14.6. The van der Waals surface area contributed by atoms with E-state index in [0.717, 1.165) is 23.3 Å². The summed E-state index contributed by atoms with van der Waals surface area (Å²) in [6, 6.07) is 9.94. The normalized spacial score (nSPS) is 11.7. The molecule has 2 N–H and O–H groups in total. The van der Waals surface area contributed by atoms with E-state index in [-0.39, 0.29) is 9.96 Å². The molecular formula is C13H14ClNO3S2. The maximum atomic E-state index is 11.9. The van der Waals surface area contributed by atoms with Gasteiger partial charge in [0.05, 0.1) is 4.34 Å². The summed E-state index contributed by atoms with van der Waals surface area (Å²) in [4.78, 5) is 0. The molecule has 0 aliphatic carbocycles. The minimum atomic E-state index is -3.46. The molecule has 0 fully saturated rings. The van der Waals surface area contributed by atoms with Gasteiger partial charge in [0.25, 0.3) is 0 Å². The van der Waals surface area contributed by atoms with Crippen molar-refractivity contribution in [2.45, 2.75) is 17.1 Å². The number of nitrogens with one attached hydrogen (secondary N) is 1.